The minimum Gasteiger partial charge on any atom is -0.396 e. The molecule has 1 aromatic rings. The Morgan fingerprint density at radius 3 is 2.59 bits per heavy atom. The van der Waals surface area contributed by atoms with Crippen molar-refractivity contribution in [3.63, 3.8) is 0 Å². The average Bonchev–Trinajstić information content (AvgIpc) is 2.24. The maximum atomic E-state index is 12.7. The van der Waals surface area contributed by atoms with Crippen LogP contribution >= 0.6 is 11.6 Å². The molecule has 17 heavy (non-hydrogen) atoms. The van der Waals surface area contributed by atoms with Crippen LogP contribution in [0.15, 0.2) is 23.4 Å². The second kappa shape index (κ2) is 5.40. The van der Waals surface area contributed by atoms with Crippen LogP contribution in [0, 0.1) is 0 Å². The van der Waals surface area contributed by atoms with Crippen LogP contribution in [0.4, 0.5) is 13.2 Å². The van der Waals surface area contributed by atoms with Gasteiger partial charge in [-0.15, -0.1) is 0 Å². The highest BCUT2D eigenvalue weighted by Gasteiger charge is 2.34. The number of rotatable bonds is 3. The zero-order chi connectivity index (χ0) is 13.1. The van der Waals surface area contributed by atoms with E-state index >= 15 is 0 Å². The van der Waals surface area contributed by atoms with E-state index in [1.807, 2.05) is 0 Å². The number of benzene rings is 1. The molecule has 0 saturated heterocycles. The van der Waals surface area contributed by atoms with Crippen LogP contribution in [0.2, 0.25) is 5.02 Å². The molecular weight excluding hydrogens is 255 g/mol. The molecule has 1 aromatic carbocycles. The minimum atomic E-state index is -4.44. The Hall–Kier alpha value is -1.23. The zero-order valence-corrected chi connectivity index (χ0v) is 10.1. The molecule has 0 aliphatic heterocycles. The fraction of sp³-hybridized carbons (Fsp3) is 0.364. The van der Waals surface area contributed by atoms with Gasteiger partial charge in [0, 0.05) is 10.6 Å². The van der Waals surface area contributed by atoms with Gasteiger partial charge in [-0.2, -0.15) is 13.2 Å². The quantitative estimate of drug-likeness (QED) is 0.595. The van der Waals surface area contributed by atoms with Gasteiger partial charge in [-0.3, -0.25) is 0 Å². The van der Waals surface area contributed by atoms with Gasteiger partial charge >= 0.3 is 6.18 Å². The predicted molar refractivity (Wildman–Crippen MR) is 60.3 cm³/mol. The van der Waals surface area contributed by atoms with E-state index in [-0.39, 0.29) is 16.3 Å². The molecule has 0 atom stereocenters. The molecule has 0 unspecified atom stereocenters. The Morgan fingerprint density at radius 1 is 1.41 bits per heavy atom. The van der Waals surface area contributed by atoms with Crippen LogP contribution in [0.1, 0.15) is 25.0 Å². The van der Waals surface area contributed by atoms with E-state index in [0.717, 1.165) is 6.07 Å². The first-order chi connectivity index (χ1) is 7.86. The standard InChI is InChI=1S/C11H11ClF3NO/c1-3-17-16-7(2)9-6-8(12)4-5-10(9)11(13,14)15/h4-6H,3H2,1-2H3/b16-7+. The van der Waals surface area contributed by atoms with E-state index in [2.05, 4.69) is 5.16 Å². The Balaban J connectivity index is 3.25. The Morgan fingerprint density at radius 2 is 2.06 bits per heavy atom. The Kier molecular flexibility index (Phi) is 4.40. The van der Waals surface area contributed by atoms with Crippen LogP contribution < -0.4 is 0 Å². The summed E-state index contributed by atoms with van der Waals surface area (Å²) < 4.78 is 38.2. The SMILES string of the molecule is CCO/N=C(\C)c1cc(Cl)ccc1C(F)(F)F. The van der Waals surface area contributed by atoms with Crippen molar-refractivity contribution in [1.82, 2.24) is 0 Å². The van der Waals surface area contributed by atoms with Crippen LogP contribution in [-0.2, 0) is 11.0 Å². The van der Waals surface area contributed by atoms with Gasteiger partial charge in [0.1, 0.15) is 6.61 Å². The van der Waals surface area contributed by atoms with Crippen molar-refractivity contribution in [2.24, 2.45) is 5.16 Å². The van der Waals surface area contributed by atoms with E-state index in [9.17, 15) is 13.2 Å². The second-order valence-corrected chi connectivity index (χ2v) is 3.72. The van der Waals surface area contributed by atoms with Gasteiger partial charge in [-0.1, -0.05) is 16.8 Å². The molecule has 2 nitrogen and oxygen atoms in total. The third-order valence-electron chi connectivity index (χ3n) is 2.01. The van der Waals surface area contributed by atoms with E-state index in [1.54, 1.807) is 6.92 Å². The van der Waals surface area contributed by atoms with Crippen LogP contribution in [0.5, 0.6) is 0 Å². The van der Waals surface area contributed by atoms with Crippen molar-refractivity contribution in [2.45, 2.75) is 20.0 Å². The lowest BCUT2D eigenvalue weighted by Gasteiger charge is -2.12. The molecule has 0 bridgehead atoms. The number of hydrogen-bond donors (Lipinski definition) is 0. The Labute approximate surface area is 102 Å². The molecule has 0 radical (unpaired) electrons. The number of hydrogen-bond acceptors (Lipinski definition) is 2. The highest BCUT2D eigenvalue weighted by atomic mass is 35.5. The van der Waals surface area contributed by atoms with E-state index in [0.29, 0.717) is 6.61 Å². The van der Waals surface area contributed by atoms with Gasteiger partial charge in [0.25, 0.3) is 0 Å². The first-order valence-corrected chi connectivity index (χ1v) is 5.27. The van der Waals surface area contributed by atoms with Gasteiger partial charge in [-0.05, 0) is 32.0 Å². The van der Waals surface area contributed by atoms with Gasteiger partial charge in [0.05, 0.1) is 11.3 Å². The number of halogens is 4. The predicted octanol–water partition coefficient (Wildman–Crippen LogP) is 4.12. The summed E-state index contributed by atoms with van der Waals surface area (Å²) >= 11 is 5.68. The van der Waals surface area contributed by atoms with Crippen molar-refractivity contribution < 1.29 is 18.0 Å². The maximum Gasteiger partial charge on any atom is 0.417 e. The third kappa shape index (κ3) is 3.63. The lowest BCUT2D eigenvalue weighted by atomic mass is 10.0. The van der Waals surface area contributed by atoms with Gasteiger partial charge in [-0.25, -0.2) is 0 Å². The summed E-state index contributed by atoms with van der Waals surface area (Å²) in [7, 11) is 0. The van der Waals surface area contributed by atoms with E-state index in [4.69, 9.17) is 16.4 Å². The lowest BCUT2D eigenvalue weighted by Crippen LogP contribution is -2.12. The molecular formula is C11H11ClF3NO. The molecule has 6 heteroatoms. The summed E-state index contributed by atoms with van der Waals surface area (Å²) in [6.07, 6.45) is -4.44. The van der Waals surface area contributed by atoms with Gasteiger partial charge in [0.15, 0.2) is 0 Å². The molecule has 0 amide bonds. The fourth-order valence-electron chi connectivity index (χ4n) is 1.27. The largest absolute Gasteiger partial charge is 0.417 e. The fourth-order valence-corrected chi connectivity index (χ4v) is 1.45. The summed E-state index contributed by atoms with van der Waals surface area (Å²) in [5.41, 5.74) is -0.706. The lowest BCUT2D eigenvalue weighted by molar-refractivity contribution is -0.137. The molecule has 0 aliphatic rings. The van der Waals surface area contributed by atoms with Crippen LogP contribution in [0.3, 0.4) is 0 Å². The smallest absolute Gasteiger partial charge is 0.396 e. The highest BCUT2D eigenvalue weighted by Crippen LogP contribution is 2.33. The van der Waals surface area contributed by atoms with Crippen LogP contribution in [0.25, 0.3) is 0 Å². The summed E-state index contributed by atoms with van der Waals surface area (Å²) in [5.74, 6) is 0. The molecule has 0 N–H and O–H groups in total. The maximum absolute atomic E-state index is 12.7. The van der Waals surface area contributed by atoms with Gasteiger partial charge < -0.3 is 4.84 Å². The van der Waals surface area contributed by atoms with Crippen molar-refractivity contribution in [1.29, 1.82) is 0 Å². The summed E-state index contributed by atoms with van der Waals surface area (Å²) in [5, 5.41) is 3.81. The minimum absolute atomic E-state index is 0.0709. The molecule has 0 heterocycles. The first-order valence-electron chi connectivity index (χ1n) is 4.90. The molecule has 0 fully saturated rings. The van der Waals surface area contributed by atoms with Crippen molar-refractivity contribution in [3.8, 4) is 0 Å². The molecule has 0 saturated carbocycles. The highest BCUT2D eigenvalue weighted by molar-refractivity contribution is 6.31. The number of alkyl halides is 3. The summed E-state index contributed by atoms with van der Waals surface area (Å²) in [6, 6.07) is 3.35. The van der Waals surface area contributed by atoms with Crippen LogP contribution in [-0.4, -0.2) is 12.3 Å². The summed E-state index contributed by atoms with van der Waals surface area (Å²) in [6.45, 7) is 3.43. The molecule has 1 rings (SSSR count). The van der Waals surface area contributed by atoms with E-state index < -0.39 is 11.7 Å². The third-order valence-corrected chi connectivity index (χ3v) is 2.24. The van der Waals surface area contributed by atoms with E-state index in [1.165, 1.54) is 19.1 Å². The monoisotopic (exact) mass is 265 g/mol. The molecule has 94 valence electrons. The van der Waals surface area contributed by atoms with Crippen molar-refractivity contribution >= 4 is 17.3 Å². The molecule has 0 aliphatic carbocycles. The number of oxime groups is 1. The first kappa shape index (κ1) is 13.8. The zero-order valence-electron chi connectivity index (χ0n) is 9.31. The summed E-state index contributed by atoms with van der Waals surface area (Å²) in [4.78, 5) is 4.73. The average molecular weight is 266 g/mol. The molecule has 0 spiro atoms. The topological polar surface area (TPSA) is 21.6 Å². The second-order valence-electron chi connectivity index (χ2n) is 3.28. The molecule has 0 aromatic heterocycles. The Bertz CT molecular complexity index is 429. The number of nitrogens with zero attached hydrogens (tertiary/aromatic N) is 1. The van der Waals surface area contributed by atoms with Crippen molar-refractivity contribution in [3.05, 3.63) is 34.3 Å². The normalized spacial score (nSPS) is 12.7. The van der Waals surface area contributed by atoms with Crippen molar-refractivity contribution in [2.75, 3.05) is 6.61 Å². The van der Waals surface area contributed by atoms with Gasteiger partial charge in [0.2, 0.25) is 0 Å².